The van der Waals surface area contributed by atoms with Crippen LogP contribution in [0.4, 0.5) is 0 Å². The van der Waals surface area contributed by atoms with Gasteiger partial charge in [0.1, 0.15) is 0 Å². The smallest absolute Gasteiger partial charge is 0.334 e. The van der Waals surface area contributed by atoms with Gasteiger partial charge in [0.2, 0.25) is 0 Å². The number of carbonyl (C=O) groups excluding carboxylic acids is 1. The average Bonchev–Trinajstić information content (AvgIpc) is 2.30. The van der Waals surface area contributed by atoms with Crippen LogP contribution in [0.2, 0.25) is 0 Å². The minimum Gasteiger partial charge on any atom is -0.448 e. The van der Waals surface area contributed by atoms with Crippen molar-refractivity contribution in [3.8, 4) is 0 Å². The minimum absolute atomic E-state index is 0.133. The molecule has 0 aliphatic rings. The lowest BCUT2D eigenvalue weighted by Gasteiger charge is -2.16. The zero-order valence-corrected chi connectivity index (χ0v) is 11.1. The standard InChI is InChI=1S/C14H18O2S/c1-4-8-13(16-14(15)11(2)3)17-12-9-6-5-7-10-12/h5-7,9-10,13H,2,4,8H2,1,3H3. The molecule has 0 N–H and O–H groups in total. The molecule has 0 aliphatic heterocycles. The van der Waals surface area contributed by atoms with Crippen molar-refractivity contribution in [1.29, 1.82) is 0 Å². The Morgan fingerprint density at radius 1 is 1.41 bits per heavy atom. The predicted molar refractivity (Wildman–Crippen MR) is 71.9 cm³/mol. The molecule has 0 saturated heterocycles. The fraction of sp³-hybridized carbons (Fsp3) is 0.357. The molecule has 0 fully saturated rings. The lowest BCUT2D eigenvalue weighted by molar-refractivity contribution is -0.140. The summed E-state index contributed by atoms with van der Waals surface area (Å²) in [5.74, 6) is -0.313. The topological polar surface area (TPSA) is 26.3 Å². The van der Waals surface area contributed by atoms with Crippen LogP contribution in [-0.2, 0) is 9.53 Å². The van der Waals surface area contributed by atoms with Gasteiger partial charge in [0.15, 0.2) is 5.44 Å². The Morgan fingerprint density at radius 2 is 2.06 bits per heavy atom. The van der Waals surface area contributed by atoms with Crippen molar-refractivity contribution in [2.75, 3.05) is 0 Å². The molecule has 2 nitrogen and oxygen atoms in total. The van der Waals surface area contributed by atoms with Gasteiger partial charge in [0.25, 0.3) is 0 Å². The second-order valence-corrected chi connectivity index (χ2v) is 5.07. The summed E-state index contributed by atoms with van der Waals surface area (Å²) in [5.41, 5.74) is 0.311. The molecule has 0 spiro atoms. The molecule has 0 aliphatic carbocycles. The normalized spacial score (nSPS) is 11.9. The van der Waals surface area contributed by atoms with Crippen LogP contribution >= 0.6 is 11.8 Å². The second kappa shape index (κ2) is 7.17. The molecule has 0 amide bonds. The van der Waals surface area contributed by atoms with Crippen molar-refractivity contribution >= 4 is 17.7 Å². The predicted octanol–water partition coefficient (Wildman–Crippen LogP) is 4.02. The van der Waals surface area contributed by atoms with Gasteiger partial charge < -0.3 is 4.74 Å². The lowest BCUT2D eigenvalue weighted by Crippen LogP contribution is -2.15. The summed E-state index contributed by atoms with van der Waals surface area (Å²) in [7, 11) is 0. The maximum atomic E-state index is 11.5. The Balaban J connectivity index is 2.60. The highest BCUT2D eigenvalue weighted by Gasteiger charge is 2.15. The van der Waals surface area contributed by atoms with Crippen LogP contribution in [0.25, 0.3) is 0 Å². The van der Waals surface area contributed by atoms with Crippen molar-refractivity contribution in [2.24, 2.45) is 0 Å². The number of esters is 1. The molecule has 1 aromatic rings. The summed E-state index contributed by atoms with van der Waals surface area (Å²) in [5, 5.41) is 0. The number of hydrogen-bond donors (Lipinski definition) is 0. The van der Waals surface area contributed by atoms with Crippen LogP contribution in [-0.4, -0.2) is 11.4 Å². The van der Waals surface area contributed by atoms with Crippen molar-refractivity contribution in [2.45, 2.75) is 37.0 Å². The van der Waals surface area contributed by atoms with E-state index >= 15 is 0 Å². The van der Waals surface area contributed by atoms with E-state index in [2.05, 4.69) is 13.5 Å². The summed E-state index contributed by atoms with van der Waals surface area (Å²) in [6.07, 6.45) is 1.83. The number of thioether (sulfide) groups is 1. The van der Waals surface area contributed by atoms with Gasteiger partial charge >= 0.3 is 5.97 Å². The van der Waals surface area contributed by atoms with Crippen molar-refractivity contribution in [3.63, 3.8) is 0 Å². The van der Waals surface area contributed by atoms with E-state index in [1.807, 2.05) is 30.3 Å². The number of benzene rings is 1. The molecule has 1 atom stereocenters. The Morgan fingerprint density at radius 3 is 2.59 bits per heavy atom. The van der Waals surface area contributed by atoms with E-state index in [0.29, 0.717) is 5.57 Å². The molecule has 3 heteroatoms. The first-order chi connectivity index (χ1) is 8.13. The molecule has 1 unspecified atom stereocenters. The molecule has 0 saturated carbocycles. The first-order valence-electron chi connectivity index (χ1n) is 5.71. The van der Waals surface area contributed by atoms with E-state index in [1.165, 1.54) is 0 Å². The number of hydrogen-bond acceptors (Lipinski definition) is 3. The molecule has 17 heavy (non-hydrogen) atoms. The number of rotatable bonds is 6. The molecule has 0 heterocycles. The van der Waals surface area contributed by atoms with E-state index in [-0.39, 0.29) is 11.4 Å². The second-order valence-electron chi connectivity index (χ2n) is 3.83. The van der Waals surface area contributed by atoms with E-state index in [1.54, 1.807) is 18.7 Å². The van der Waals surface area contributed by atoms with Crippen molar-refractivity contribution in [1.82, 2.24) is 0 Å². The summed E-state index contributed by atoms with van der Waals surface area (Å²) in [6, 6.07) is 9.96. The zero-order valence-electron chi connectivity index (χ0n) is 10.3. The van der Waals surface area contributed by atoms with Crippen LogP contribution in [0, 0.1) is 0 Å². The first-order valence-corrected chi connectivity index (χ1v) is 6.59. The zero-order chi connectivity index (χ0) is 12.7. The lowest BCUT2D eigenvalue weighted by atomic mass is 10.3. The molecule has 0 bridgehead atoms. The van der Waals surface area contributed by atoms with Gasteiger partial charge in [-0.1, -0.05) is 49.9 Å². The van der Waals surface area contributed by atoms with Gasteiger partial charge in [-0.05, 0) is 25.5 Å². The van der Waals surface area contributed by atoms with E-state index < -0.39 is 0 Å². The molecular formula is C14H18O2S. The average molecular weight is 250 g/mol. The Hall–Kier alpha value is -1.22. The monoisotopic (exact) mass is 250 g/mol. The van der Waals surface area contributed by atoms with E-state index in [0.717, 1.165) is 17.7 Å². The van der Waals surface area contributed by atoms with Crippen LogP contribution < -0.4 is 0 Å². The maximum absolute atomic E-state index is 11.5. The van der Waals surface area contributed by atoms with Gasteiger partial charge in [-0.15, -0.1) is 0 Å². The number of carbonyl (C=O) groups is 1. The third-order valence-electron chi connectivity index (χ3n) is 2.12. The largest absolute Gasteiger partial charge is 0.448 e. The van der Waals surface area contributed by atoms with Crippen LogP contribution in [0.3, 0.4) is 0 Å². The molecule has 1 aromatic carbocycles. The molecule has 0 aromatic heterocycles. The number of ether oxygens (including phenoxy) is 1. The quantitative estimate of drug-likeness (QED) is 0.330. The van der Waals surface area contributed by atoms with Crippen LogP contribution in [0.5, 0.6) is 0 Å². The maximum Gasteiger partial charge on any atom is 0.334 e. The summed E-state index contributed by atoms with van der Waals surface area (Å²) in [4.78, 5) is 12.6. The third kappa shape index (κ3) is 5.09. The fourth-order valence-corrected chi connectivity index (χ4v) is 2.36. The van der Waals surface area contributed by atoms with Gasteiger partial charge in [0.05, 0.1) is 0 Å². The SMILES string of the molecule is C=C(C)C(=O)OC(CCC)Sc1ccccc1. The van der Waals surface area contributed by atoms with Gasteiger partial charge in [-0.2, -0.15) is 0 Å². The minimum atomic E-state index is -0.313. The Kier molecular flexibility index (Phi) is 5.84. The highest BCUT2D eigenvalue weighted by Crippen LogP contribution is 2.27. The van der Waals surface area contributed by atoms with E-state index in [4.69, 9.17) is 4.74 Å². The Labute approximate surface area is 107 Å². The Bertz CT molecular complexity index is 373. The molecular weight excluding hydrogens is 232 g/mol. The molecule has 0 radical (unpaired) electrons. The summed E-state index contributed by atoms with van der Waals surface area (Å²) in [6.45, 7) is 7.33. The van der Waals surface area contributed by atoms with Crippen molar-refractivity contribution in [3.05, 3.63) is 42.5 Å². The third-order valence-corrected chi connectivity index (χ3v) is 3.26. The summed E-state index contributed by atoms with van der Waals surface area (Å²) < 4.78 is 5.38. The molecule has 1 rings (SSSR count). The van der Waals surface area contributed by atoms with Crippen LogP contribution in [0.15, 0.2) is 47.4 Å². The highest BCUT2D eigenvalue weighted by atomic mass is 32.2. The van der Waals surface area contributed by atoms with Gasteiger partial charge in [0, 0.05) is 10.5 Å². The van der Waals surface area contributed by atoms with Gasteiger partial charge in [-0.25, -0.2) is 4.79 Å². The molecule has 92 valence electrons. The van der Waals surface area contributed by atoms with Crippen molar-refractivity contribution < 1.29 is 9.53 Å². The van der Waals surface area contributed by atoms with E-state index in [9.17, 15) is 4.79 Å². The fourth-order valence-electron chi connectivity index (χ4n) is 1.25. The highest BCUT2D eigenvalue weighted by molar-refractivity contribution is 7.99. The summed E-state index contributed by atoms with van der Waals surface area (Å²) >= 11 is 1.57. The van der Waals surface area contributed by atoms with Crippen LogP contribution in [0.1, 0.15) is 26.7 Å². The first kappa shape index (κ1) is 13.8. The van der Waals surface area contributed by atoms with Gasteiger partial charge in [-0.3, -0.25) is 0 Å².